The first kappa shape index (κ1) is 18.8. The molecular formula is C19H24N2O4S. The second-order valence-electron chi connectivity index (χ2n) is 7.16. The van der Waals surface area contributed by atoms with E-state index in [0.717, 1.165) is 5.39 Å². The molecule has 2 amide bonds. The number of morpholine rings is 1. The zero-order valence-corrected chi connectivity index (χ0v) is 16.1. The van der Waals surface area contributed by atoms with Crippen LogP contribution in [-0.2, 0) is 9.53 Å². The van der Waals surface area contributed by atoms with Crippen LogP contribution in [0.3, 0.4) is 0 Å². The SMILES string of the molecule is CC(C)(C)SCC(=O)Nc1c(C(=O)N2CCOCC2)oc2ccccc12. The van der Waals surface area contributed by atoms with Gasteiger partial charge in [-0.05, 0) is 12.1 Å². The van der Waals surface area contributed by atoms with Crippen LogP contribution in [-0.4, -0.2) is 53.5 Å². The van der Waals surface area contributed by atoms with Crippen molar-refractivity contribution in [2.24, 2.45) is 0 Å². The molecule has 0 spiro atoms. The van der Waals surface area contributed by atoms with Crippen molar-refractivity contribution in [1.29, 1.82) is 0 Å². The van der Waals surface area contributed by atoms with Crippen LogP contribution in [0.1, 0.15) is 31.3 Å². The first-order valence-electron chi connectivity index (χ1n) is 8.67. The lowest BCUT2D eigenvalue weighted by Crippen LogP contribution is -2.40. The van der Waals surface area contributed by atoms with Gasteiger partial charge in [0, 0.05) is 23.2 Å². The monoisotopic (exact) mass is 376 g/mol. The van der Waals surface area contributed by atoms with Crippen molar-refractivity contribution in [3.63, 3.8) is 0 Å². The number of fused-ring (bicyclic) bond motifs is 1. The average Bonchev–Trinajstić information content (AvgIpc) is 2.98. The van der Waals surface area contributed by atoms with Crippen LogP contribution in [0.2, 0.25) is 0 Å². The van der Waals surface area contributed by atoms with Gasteiger partial charge < -0.3 is 19.4 Å². The van der Waals surface area contributed by atoms with Gasteiger partial charge in [0.1, 0.15) is 11.3 Å². The topological polar surface area (TPSA) is 71.8 Å². The van der Waals surface area contributed by atoms with E-state index in [1.165, 1.54) is 0 Å². The number of carbonyl (C=O) groups excluding carboxylic acids is 2. The second kappa shape index (κ2) is 7.72. The molecule has 6 nitrogen and oxygen atoms in total. The molecule has 0 unspecified atom stereocenters. The van der Waals surface area contributed by atoms with Gasteiger partial charge in [0.15, 0.2) is 0 Å². The number of thioether (sulfide) groups is 1. The van der Waals surface area contributed by atoms with E-state index in [9.17, 15) is 9.59 Å². The highest BCUT2D eigenvalue weighted by molar-refractivity contribution is 8.01. The molecule has 26 heavy (non-hydrogen) atoms. The number of hydrogen-bond acceptors (Lipinski definition) is 5. The van der Waals surface area contributed by atoms with Crippen LogP contribution in [0, 0.1) is 0 Å². The molecule has 0 atom stereocenters. The minimum Gasteiger partial charge on any atom is -0.449 e. The molecular weight excluding hydrogens is 352 g/mol. The third-order valence-corrected chi connectivity index (χ3v) is 5.26. The summed E-state index contributed by atoms with van der Waals surface area (Å²) >= 11 is 1.56. The van der Waals surface area contributed by atoms with E-state index in [-0.39, 0.29) is 22.3 Å². The molecule has 0 bridgehead atoms. The van der Waals surface area contributed by atoms with Gasteiger partial charge in [-0.3, -0.25) is 9.59 Å². The van der Waals surface area contributed by atoms with Crippen LogP contribution in [0.4, 0.5) is 5.69 Å². The lowest BCUT2D eigenvalue weighted by Gasteiger charge is -2.26. The smallest absolute Gasteiger partial charge is 0.291 e. The van der Waals surface area contributed by atoms with Crippen LogP contribution in [0.15, 0.2) is 28.7 Å². The van der Waals surface area contributed by atoms with Crippen LogP contribution in [0.25, 0.3) is 11.0 Å². The Morgan fingerprint density at radius 3 is 2.58 bits per heavy atom. The summed E-state index contributed by atoms with van der Waals surface area (Å²) in [7, 11) is 0. The number of anilines is 1. The normalized spacial score (nSPS) is 15.3. The van der Waals surface area contributed by atoms with Gasteiger partial charge in [-0.25, -0.2) is 0 Å². The van der Waals surface area contributed by atoms with Crippen LogP contribution in [0.5, 0.6) is 0 Å². The van der Waals surface area contributed by atoms with Gasteiger partial charge >= 0.3 is 0 Å². The summed E-state index contributed by atoms with van der Waals surface area (Å²) < 4.78 is 11.1. The summed E-state index contributed by atoms with van der Waals surface area (Å²) in [5.41, 5.74) is 1.04. The minimum atomic E-state index is -0.219. The Hall–Kier alpha value is -1.99. The molecule has 2 aromatic rings. The highest BCUT2D eigenvalue weighted by atomic mass is 32.2. The number of rotatable bonds is 4. The molecule has 2 heterocycles. The third kappa shape index (κ3) is 4.40. The Morgan fingerprint density at radius 1 is 1.19 bits per heavy atom. The first-order valence-corrected chi connectivity index (χ1v) is 9.66. The number of benzene rings is 1. The predicted octanol–water partition coefficient (Wildman–Crippen LogP) is 3.38. The molecule has 1 aliphatic heterocycles. The Morgan fingerprint density at radius 2 is 1.88 bits per heavy atom. The maximum atomic E-state index is 12.9. The molecule has 1 saturated heterocycles. The van der Waals surface area contributed by atoms with E-state index in [0.29, 0.717) is 43.3 Å². The van der Waals surface area contributed by atoms with Gasteiger partial charge in [-0.2, -0.15) is 0 Å². The van der Waals surface area contributed by atoms with Crippen molar-refractivity contribution in [3.8, 4) is 0 Å². The van der Waals surface area contributed by atoms with Crippen LogP contribution < -0.4 is 5.32 Å². The average molecular weight is 376 g/mol. The van der Waals surface area contributed by atoms with Crippen molar-refractivity contribution in [1.82, 2.24) is 4.90 Å². The zero-order valence-electron chi connectivity index (χ0n) is 15.3. The van der Waals surface area contributed by atoms with E-state index in [4.69, 9.17) is 9.15 Å². The van der Waals surface area contributed by atoms with Crippen molar-refractivity contribution in [2.75, 3.05) is 37.4 Å². The molecule has 1 aliphatic rings. The summed E-state index contributed by atoms with van der Waals surface area (Å²) in [5, 5.41) is 3.63. The molecule has 1 N–H and O–H groups in total. The lowest BCUT2D eigenvalue weighted by molar-refractivity contribution is -0.113. The molecule has 7 heteroatoms. The second-order valence-corrected chi connectivity index (χ2v) is 8.96. The summed E-state index contributed by atoms with van der Waals surface area (Å²) in [6, 6.07) is 7.35. The predicted molar refractivity (Wildman–Crippen MR) is 104 cm³/mol. The van der Waals surface area contributed by atoms with E-state index in [2.05, 4.69) is 26.1 Å². The number of amides is 2. The summed E-state index contributed by atoms with van der Waals surface area (Å²) in [6.45, 7) is 8.24. The summed E-state index contributed by atoms with van der Waals surface area (Å²) in [5.74, 6) is 0.131. The van der Waals surface area contributed by atoms with Crippen molar-refractivity contribution in [2.45, 2.75) is 25.5 Å². The fourth-order valence-corrected chi connectivity index (χ4v) is 3.32. The van der Waals surface area contributed by atoms with Gasteiger partial charge in [-0.15, -0.1) is 11.8 Å². The van der Waals surface area contributed by atoms with E-state index in [1.807, 2.05) is 18.2 Å². The van der Waals surface area contributed by atoms with Crippen LogP contribution >= 0.6 is 11.8 Å². The highest BCUT2D eigenvalue weighted by Gasteiger charge is 2.27. The van der Waals surface area contributed by atoms with Gasteiger partial charge in [0.25, 0.3) is 5.91 Å². The third-order valence-electron chi connectivity index (χ3n) is 3.99. The number of furan rings is 1. The minimum absolute atomic E-state index is 0.0117. The summed E-state index contributed by atoms with van der Waals surface area (Å²) in [6.07, 6.45) is 0. The quantitative estimate of drug-likeness (QED) is 0.886. The zero-order chi connectivity index (χ0) is 18.7. The summed E-state index contributed by atoms with van der Waals surface area (Å²) in [4.78, 5) is 27.0. The van der Waals surface area contributed by atoms with Crippen molar-refractivity contribution in [3.05, 3.63) is 30.0 Å². The number of carbonyl (C=O) groups is 2. The molecule has 1 aromatic carbocycles. The van der Waals surface area contributed by atoms with E-state index in [1.54, 1.807) is 22.7 Å². The number of ether oxygens (including phenoxy) is 1. The molecule has 0 saturated carbocycles. The van der Waals surface area contributed by atoms with Crippen molar-refractivity contribution < 1.29 is 18.7 Å². The molecule has 0 aliphatic carbocycles. The first-order chi connectivity index (χ1) is 12.3. The molecule has 1 fully saturated rings. The standard InChI is InChI=1S/C19H24N2O4S/c1-19(2,3)26-12-15(22)20-16-13-6-4-5-7-14(13)25-17(16)18(23)21-8-10-24-11-9-21/h4-7H,8-12H2,1-3H3,(H,20,22). The Labute approximate surface area is 157 Å². The van der Waals surface area contributed by atoms with Gasteiger partial charge in [-0.1, -0.05) is 32.9 Å². The number of para-hydroxylation sites is 1. The maximum Gasteiger partial charge on any atom is 0.291 e. The van der Waals surface area contributed by atoms with E-state index < -0.39 is 0 Å². The Kier molecular flexibility index (Phi) is 5.58. The molecule has 0 radical (unpaired) electrons. The molecule has 1 aromatic heterocycles. The van der Waals surface area contributed by atoms with Gasteiger partial charge in [0.05, 0.1) is 19.0 Å². The lowest BCUT2D eigenvalue weighted by atomic mass is 10.2. The maximum absolute atomic E-state index is 12.9. The Balaban J connectivity index is 1.87. The number of hydrogen-bond donors (Lipinski definition) is 1. The highest BCUT2D eigenvalue weighted by Crippen LogP contribution is 2.32. The number of nitrogens with zero attached hydrogens (tertiary/aromatic N) is 1. The molecule has 140 valence electrons. The fraction of sp³-hybridized carbons (Fsp3) is 0.474. The van der Waals surface area contributed by atoms with Gasteiger partial charge in [0.2, 0.25) is 11.7 Å². The Bertz CT molecular complexity index is 803. The van der Waals surface area contributed by atoms with E-state index >= 15 is 0 Å². The number of nitrogens with one attached hydrogen (secondary N) is 1. The fourth-order valence-electron chi connectivity index (χ4n) is 2.69. The molecule has 3 rings (SSSR count). The van der Waals surface area contributed by atoms with Crippen molar-refractivity contribution >= 4 is 40.2 Å². The largest absolute Gasteiger partial charge is 0.449 e.